The van der Waals surface area contributed by atoms with E-state index in [1.807, 2.05) is 4.90 Å². The molecule has 0 aromatic rings. The largest absolute Gasteiger partial charge is 0.340 e. The summed E-state index contributed by atoms with van der Waals surface area (Å²) < 4.78 is 23.9. The topological polar surface area (TPSA) is 78.5 Å². The van der Waals surface area contributed by atoms with E-state index in [0.717, 1.165) is 32.4 Å². The first-order valence-corrected chi connectivity index (χ1v) is 7.31. The van der Waals surface area contributed by atoms with Crippen molar-refractivity contribution in [1.82, 2.24) is 14.9 Å². The van der Waals surface area contributed by atoms with Gasteiger partial charge in [-0.15, -0.1) is 0 Å². The molecule has 0 radical (unpaired) electrons. The van der Waals surface area contributed by atoms with Crippen LogP contribution in [0.4, 0.5) is 0 Å². The van der Waals surface area contributed by atoms with Crippen LogP contribution in [-0.2, 0) is 14.8 Å². The van der Waals surface area contributed by atoms with E-state index < -0.39 is 10.0 Å². The lowest BCUT2D eigenvalue weighted by molar-refractivity contribution is -0.131. The molecular formula is C9H19N3O3S. The van der Waals surface area contributed by atoms with Crippen molar-refractivity contribution >= 4 is 15.9 Å². The Kier molecular flexibility index (Phi) is 5.17. The van der Waals surface area contributed by atoms with Gasteiger partial charge in [0.2, 0.25) is 15.9 Å². The van der Waals surface area contributed by atoms with Crippen LogP contribution in [-0.4, -0.2) is 58.2 Å². The van der Waals surface area contributed by atoms with E-state index >= 15 is 0 Å². The highest BCUT2D eigenvalue weighted by atomic mass is 32.2. The van der Waals surface area contributed by atoms with Gasteiger partial charge >= 0.3 is 0 Å². The Morgan fingerprint density at radius 1 is 1.38 bits per heavy atom. The maximum Gasteiger partial charge on any atom is 0.222 e. The molecule has 0 bridgehead atoms. The van der Waals surface area contributed by atoms with Crippen LogP contribution in [0.5, 0.6) is 0 Å². The molecule has 94 valence electrons. The zero-order valence-electron chi connectivity index (χ0n) is 9.53. The molecule has 1 rings (SSSR count). The predicted molar refractivity (Wildman–Crippen MR) is 61.5 cm³/mol. The summed E-state index contributed by atoms with van der Waals surface area (Å²) in [7, 11) is -3.13. The Labute approximate surface area is 96.4 Å². The number of hydrogen-bond donors (Lipinski definition) is 2. The van der Waals surface area contributed by atoms with Gasteiger partial charge in [0.05, 0.1) is 6.26 Å². The average Bonchev–Trinajstić information content (AvgIpc) is 2.24. The molecule has 1 amide bonds. The molecule has 1 aliphatic rings. The summed E-state index contributed by atoms with van der Waals surface area (Å²) in [5.41, 5.74) is 0. The zero-order valence-corrected chi connectivity index (χ0v) is 10.3. The summed E-state index contributed by atoms with van der Waals surface area (Å²) in [6.07, 6.45) is 2.07. The third-order valence-corrected chi connectivity index (χ3v) is 3.13. The highest BCUT2D eigenvalue weighted by Gasteiger charge is 2.15. The number of carbonyl (C=O) groups excluding carboxylic acids is 1. The predicted octanol–water partition coefficient (Wildman–Crippen LogP) is -1.25. The summed E-state index contributed by atoms with van der Waals surface area (Å²) in [6, 6.07) is 0. The lowest BCUT2D eigenvalue weighted by Gasteiger charge is -2.27. The van der Waals surface area contributed by atoms with Crippen molar-refractivity contribution in [2.75, 3.05) is 39.0 Å². The molecule has 0 aliphatic carbocycles. The Bertz CT molecular complexity index is 323. The third kappa shape index (κ3) is 5.43. The summed E-state index contributed by atoms with van der Waals surface area (Å²) in [5, 5.41) is 3.17. The van der Waals surface area contributed by atoms with Crippen molar-refractivity contribution in [1.29, 1.82) is 0 Å². The van der Waals surface area contributed by atoms with Crippen molar-refractivity contribution in [3.8, 4) is 0 Å². The number of carbonyl (C=O) groups is 1. The molecule has 0 aromatic carbocycles. The van der Waals surface area contributed by atoms with Gasteiger partial charge in [-0.05, 0) is 6.42 Å². The minimum absolute atomic E-state index is 0.108. The minimum atomic E-state index is -3.13. The number of amides is 1. The van der Waals surface area contributed by atoms with E-state index in [2.05, 4.69) is 10.0 Å². The number of nitrogens with zero attached hydrogens (tertiary/aromatic N) is 1. The molecular weight excluding hydrogens is 230 g/mol. The SMILES string of the molecule is CS(=O)(=O)NCCCC(=O)N1CCNCC1. The summed E-state index contributed by atoms with van der Waals surface area (Å²) in [5.74, 6) is 0.108. The fourth-order valence-electron chi connectivity index (χ4n) is 1.57. The zero-order chi connectivity index (χ0) is 12.0. The highest BCUT2D eigenvalue weighted by molar-refractivity contribution is 7.88. The molecule has 16 heavy (non-hydrogen) atoms. The average molecular weight is 249 g/mol. The van der Waals surface area contributed by atoms with E-state index in [1.54, 1.807) is 0 Å². The van der Waals surface area contributed by atoms with Gasteiger partial charge in [-0.2, -0.15) is 0 Å². The van der Waals surface area contributed by atoms with Crippen LogP contribution >= 0.6 is 0 Å². The normalized spacial score (nSPS) is 17.4. The van der Waals surface area contributed by atoms with Crippen LogP contribution < -0.4 is 10.0 Å². The van der Waals surface area contributed by atoms with Gasteiger partial charge in [-0.3, -0.25) is 4.79 Å². The smallest absolute Gasteiger partial charge is 0.222 e. The second-order valence-electron chi connectivity index (χ2n) is 3.90. The lowest BCUT2D eigenvalue weighted by Crippen LogP contribution is -2.46. The summed E-state index contributed by atoms with van der Waals surface area (Å²) in [4.78, 5) is 13.5. The van der Waals surface area contributed by atoms with Gasteiger partial charge in [0.1, 0.15) is 0 Å². The van der Waals surface area contributed by atoms with Crippen LogP contribution in [0.15, 0.2) is 0 Å². The first-order valence-electron chi connectivity index (χ1n) is 5.42. The summed E-state index contributed by atoms with van der Waals surface area (Å²) in [6.45, 7) is 3.51. The first kappa shape index (κ1) is 13.4. The summed E-state index contributed by atoms with van der Waals surface area (Å²) >= 11 is 0. The van der Waals surface area contributed by atoms with Gasteiger partial charge < -0.3 is 10.2 Å². The molecule has 7 heteroatoms. The number of nitrogens with one attached hydrogen (secondary N) is 2. The Morgan fingerprint density at radius 2 is 2.00 bits per heavy atom. The minimum Gasteiger partial charge on any atom is -0.340 e. The monoisotopic (exact) mass is 249 g/mol. The molecule has 1 saturated heterocycles. The van der Waals surface area contributed by atoms with E-state index in [1.165, 1.54) is 0 Å². The Morgan fingerprint density at radius 3 is 2.56 bits per heavy atom. The van der Waals surface area contributed by atoms with Crippen molar-refractivity contribution in [2.45, 2.75) is 12.8 Å². The lowest BCUT2D eigenvalue weighted by atomic mass is 10.2. The fraction of sp³-hybridized carbons (Fsp3) is 0.889. The van der Waals surface area contributed by atoms with Gasteiger partial charge in [-0.25, -0.2) is 13.1 Å². The second kappa shape index (κ2) is 6.17. The van der Waals surface area contributed by atoms with E-state index in [-0.39, 0.29) is 5.91 Å². The van der Waals surface area contributed by atoms with Crippen LogP contribution in [0.2, 0.25) is 0 Å². The molecule has 0 atom stereocenters. The van der Waals surface area contributed by atoms with Gasteiger partial charge in [0.25, 0.3) is 0 Å². The quantitative estimate of drug-likeness (QED) is 0.597. The number of sulfonamides is 1. The Hall–Kier alpha value is -0.660. The van der Waals surface area contributed by atoms with Gasteiger partial charge in [-0.1, -0.05) is 0 Å². The number of hydrogen-bond acceptors (Lipinski definition) is 4. The van der Waals surface area contributed by atoms with E-state index in [4.69, 9.17) is 0 Å². The molecule has 0 spiro atoms. The molecule has 1 aliphatic heterocycles. The van der Waals surface area contributed by atoms with Crippen LogP contribution in [0, 0.1) is 0 Å². The number of rotatable bonds is 5. The van der Waals surface area contributed by atoms with E-state index in [0.29, 0.717) is 19.4 Å². The fourth-order valence-corrected chi connectivity index (χ4v) is 2.08. The second-order valence-corrected chi connectivity index (χ2v) is 5.73. The maximum atomic E-state index is 11.6. The van der Waals surface area contributed by atoms with Gasteiger partial charge in [0.15, 0.2) is 0 Å². The number of piperazine rings is 1. The Balaban J connectivity index is 2.14. The third-order valence-electron chi connectivity index (χ3n) is 2.40. The first-order chi connectivity index (χ1) is 7.49. The molecule has 1 fully saturated rings. The van der Waals surface area contributed by atoms with Gasteiger partial charge in [0, 0.05) is 39.1 Å². The molecule has 1 heterocycles. The van der Waals surface area contributed by atoms with Crippen LogP contribution in [0.25, 0.3) is 0 Å². The molecule has 2 N–H and O–H groups in total. The van der Waals surface area contributed by atoms with Crippen molar-refractivity contribution in [3.05, 3.63) is 0 Å². The maximum absolute atomic E-state index is 11.6. The van der Waals surface area contributed by atoms with Crippen molar-refractivity contribution < 1.29 is 13.2 Å². The molecule has 6 nitrogen and oxygen atoms in total. The standard InChI is InChI=1S/C9H19N3O3S/c1-16(14,15)11-4-2-3-9(13)12-7-5-10-6-8-12/h10-11H,2-8H2,1H3. The molecule has 0 saturated carbocycles. The van der Waals surface area contributed by atoms with E-state index in [9.17, 15) is 13.2 Å². The molecule has 0 aromatic heterocycles. The highest BCUT2D eigenvalue weighted by Crippen LogP contribution is 1.99. The van der Waals surface area contributed by atoms with Crippen molar-refractivity contribution in [2.24, 2.45) is 0 Å². The van der Waals surface area contributed by atoms with Crippen LogP contribution in [0.1, 0.15) is 12.8 Å². The molecule has 0 unspecified atom stereocenters. The van der Waals surface area contributed by atoms with Crippen molar-refractivity contribution in [3.63, 3.8) is 0 Å². The van der Waals surface area contributed by atoms with Crippen LogP contribution in [0.3, 0.4) is 0 Å².